The van der Waals surface area contributed by atoms with E-state index in [1.54, 1.807) is 0 Å². The second kappa shape index (κ2) is 4.27. The Labute approximate surface area is 105 Å². The summed E-state index contributed by atoms with van der Waals surface area (Å²) in [6.07, 6.45) is 8.85. The van der Waals surface area contributed by atoms with E-state index in [9.17, 15) is 0 Å². The molecule has 3 rings (SSSR count). The van der Waals surface area contributed by atoms with Gasteiger partial charge in [-0.1, -0.05) is 0 Å². The largest absolute Gasteiger partial charge is 0.336 e. The predicted octanol–water partition coefficient (Wildman–Crippen LogP) is 2.41. The molecule has 0 bridgehead atoms. The van der Waals surface area contributed by atoms with Crippen LogP contribution in [-0.2, 0) is 19.9 Å². The third-order valence-corrected chi connectivity index (χ3v) is 4.78. The van der Waals surface area contributed by atoms with Crippen molar-refractivity contribution in [3.8, 4) is 0 Å². The first-order chi connectivity index (χ1) is 8.25. The van der Waals surface area contributed by atoms with Crippen LogP contribution in [0.1, 0.15) is 40.0 Å². The minimum atomic E-state index is -0.0781. The van der Waals surface area contributed by atoms with Gasteiger partial charge in [0.25, 0.3) is 0 Å². The number of nitrogens with two attached hydrogens (primary N) is 1. The van der Waals surface area contributed by atoms with Crippen molar-refractivity contribution in [1.29, 1.82) is 0 Å². The molecule has 17 heavy (non-hydrogen) atoms. The van der Waals surface area contributed by atoms with Crippen LogP contribution in [0.25, 0.3) is 0 Å². The first-order valence-corrected chi connectivity index (χ1v) is 6.91. The quantitative estimate of drug-likeness (QED) is 0.885. The van der Waals surface area contributed by atoms with Crippen molar-refractivity contribution < 1.29 is 0 Å². The highest BCUT2D eigenvalue weighted by Gasteiger charge is 2.19. The lowest BCUT2D eigenvalue weighted by Gasteiger charge is -2.09. The van der Waals surface area contributed by atoms with Crippen LogP contribution in [0.5, 0.6) is 0 Å². The van der Waals surface area contributed by atoms with Crippen LogP contribution in [-0.4, -0.2) is 9.55 Å². The average Bonchev–Trinajstić information content (AvgIpc) is 2.93. The van der Waals surface area contributed by atoms with Gasteiger partial charge in [0.05, 0.1) is 6.04 Å². The van der Waals surface area contributed by atoms with E-state index < -0.39 is 0 Å². The van der Waals surface area contributed by atoms with Gasteiger partial charge in [0.1, 0.15) is 5.82 Å². The van der Waals surface area contributed by atoms with Crippen molar-refractivity contribution in [3.63, 3.8) is 0 Å². The van der Waals surface area contributed by atoms with E-state index in [1.807, 2.05) is 35.3 Å². The van der Waals surface area contributed by atoms with E-state index in [-0.39, 0.29) is 6.04 Å². The number of aromatic nitrogens is 2. The van der Waals surface area contributed by atoms with Gasteiger partial charge in [-0.3, -0.25) is 0 Å². The number of fused-ring (bicyclic) bond motifs is 1. The standard InChI is InChI=1S/C13H17N3S/c1-16-7-6-15-13(16)12(14)11-8-9-4-2-3-5-10(9)17-11/h6-8,12H,2-5,14H2,1H3. The van der Waals surface area contributed by atoms with Gasteiger partial charge in [-0.25, -0.2) is 4.98 Å². The summed E-state index contributed by atoms with van der Waals surface area (Å²) in [7, 11) is 2.00. The number of aryl methyl sites for hydroxylation is 3. The Bertz CT molecular complexity index is 503. The number of rotatable bonds is 2. The zero-order valence-corrected chi connectivity index (χ0v) is 10.8. The maximum absolute atomic E-state index is 6.30. The molecule has 4 heteroatoms. The minimum Gasteiger partial charge on any atom is -0.336 e. The molecule has 2 aromatic heterocycles. The van der Waals surface area contributed by atoms with Crippen LogP contribution in [0.4, 0.5) is 0 Å². The lowest BCUT2D eigenvalue weighted by molar-refractivity contribution is 0.695. The maximum Gasteiger partial charge on any atom is 0.130 e. The molecule has 3 nitrogen and oxygen atoms in total. The Hall–Kier alpha value is -1.13. The molecule has 1 atom stereocenters. The Balaban J connectivity index is 1.94. The molecule has 0 fully saturated rings. The molecule has 0 saturated heterocycles. The summed E-state index contributed by atoms with van der Waals surface area (Å²) in [6, 6.07) is 2.21. The molecule has 2 aromatic rings. The minimum absolute atomic E-state index is 0.0781. The monoisotopic (exact) mass is 247 g/mol. The summed E-state index contributed by atoms with van der Waals surface area (Å²) in [5.41, 5.74) is 7.82. The third-order valence-electron chi connectivity index (χ3n) is 3.46. The Morgan fingerprint density at radius 3 is 2.94 bits per heavy atom. The summed E-state index contributed by atoms with van der Waals surface area (Å²) in [5.74, 6) is 0.948. The second-order valence-corrected chi connectivity index (χ2v) is 5.85. The van der Waals surface area contributed by atoms with E-state index in [0.29, 0.717) is 0 Å². The van der Waals surface area contributed by atoms with E-state index in [0.717, 1.165) is 5.82 Å². The number of nitrogens with zero attached hydrogens (tertiary/aromatic N) is 2. The van der Waals surface area contributed by atoms with Crippen molar-refractivity contribution in [2.75, 3.05) is 0 Å². The van der Waals surface area contributed by atoms with Crippen LogP contribution in [0.15, 0.2) is 18.5 Å². The molecule has 0 aromatic carbocycles. The number of thiophene rings is 1. The molecule has 0 spiro atoms. The van der Waals surface area contributed by atoms with Crippen molar-refractivity contribution >= 4 is 11.3 Å². The molecule has 2 N–H and O–H groups in total. The maximum atomic E-state index is 6.30. The number of imidazole rings is 1. The fourth-order valence-corrected chi connectivity index (χ4v) is 3.73. The summed E-state index contributed by atoms with van der Waals surface area (Å²) >= 11 is 1.87. The van der Waals surface area contributed by atoms with E-state index in [4.69, 9.17) is 5.73 Å². The van der Waals surface area contributed by atoms with Gasteiger partial charge in [-0.15, -0.1) is 11.3 Å². The summed E-state index contributed by atoms with van der Waals surface area (Å²) < 4.78 is 2.00. The van der Waals surface area contributed by atoms with Gasteiger partial charge in [0.15, 0.2) is 0 Å². The fourth-order valence-electron chi connectivity index (χ4n) is 2.47. The van der Waals surface area contributed by atoms with Crippen molar-refractivity contribution in [2.45, 2.75) is 31.7 Å². The van der Waals surface area contributed by atoms with Crippen molar-refractivity contribution in [2.24, 2.45) is 12.8 Å². The number of hydrogen-bond donors (Lipinski definition) is 1. The molecule has 0 aliphatic heterocycles. The van der Waals surface area contributed by atoms with E-state index in [2.05, 4.69) is 11.1 Å². The molecule has 0 amide bonds. The fraction of sp³-hybridized carbons (Fsp3) is 0.462. The molecule has 90 valence electrons. The smallest absolute Gasteiger partial charge is 0.130 e. The predicted molar refractivity (Wildman–Crippen MR) is 70.2 cm³/mol. The molecule has 0 saturated carbocycles. The highest BCUT2D eigenvalue weighted by molar-refractivity contribution is 7.12. The Morgan fingerprint density at radius 1 is 1.41 bits per heavy atom. The SMILES string of the molecule is Cn1ccnc1C(N)c1cc2c(s1)CCCC2. The van der Waals surface area contributed by atoms with Gasteiger partial charge >= 0.3 is 0 Å². The Kier molecular flexibility index (Phi) is 2.76. The lowest BCUT2D eigenvalue weighted by Crippen LogP contribution is -2.15. The summed E-state index contributed by atoms with van der Waals surface area (Å²) in [6.45, 7) is 0. The van der Waals surface area contributed by atoms with Crippen LogP contribution >= 0.6 is 11.3 Å². The normalized spacial score (nSPS) is 16.8. The van der Waals surface area contributed by atoms with E-state index in [1.165, 1.54) is 41.0 Å². The zero-order valence-electron chi connectivity index (χ0n) is 10.0. The topological polar surface area (TPSA) is 43.8 Å². The van der Waals surface area contributed by atoms with Crippen LogP contribution in [0.3, 0.4) is 0 Å². The molecular formula is C13H17N3S. The Morgan fingerprint density at radius 2 is 2.24 bits per heavy atom. The molecule has 1 aliphatic carbocycles. The molecule has 1 aliphatic rings. The van der Waals surface area contributed by atoms with Gasteiger partial charge in [0.2, 0.25) is 0 Å². The first kappa shape index (κ1) is 11.0. The number of hydrogen-bond acceptors (Lipinski definition) is 3. The van der Waals surface area contributed by atoms with Gasteiger partial charge in [0, 0.05) is 29.2 Å². The van der Waals surface area contributed by atoms with Gasteiger partial charge in [-0.2, -0.15) is 0 Å². The highest BCUT2D eigenvalue weighted by Crippen LogP contribution is 2.33. The van der Waals surface area contributed by atoms with E-state index >= 15 is 0 Å². The zero-order chi connectivity index (χ0) is 11.8. The molecule has 1 unspecified atom stereocenters. The molecular weight excluding hydrogens is 230 g/mol. The van der Waals surface area contributed by atoms with Crippen LogP contribution < -0.4 is 5.73 Å². The van der Waals surface area contributed by atoms with Crippen LogP contribution in [0.2, 0.25) is 0 Å². The van der Waals surface area contributed by atoms with Gasteiger partial charge < -0.3 is 10.3 Å². The third kappa shape index (κ3) is 1.91. The highest BCUT2D eigenvalue weighted by atomic mass is 32.1. The van der Waals surface area contributed by atoms with Crippen molar-refractivity contribution in [3.05, 3.63) is 39.6 Å². The molecule has 2 heterocycles. The molecule has 0 radical (unpaired) electrons. The second-order valence-electron chi connectivity index (χ2n) is 4.68. The van der Waals surface area contributed by atoms with Crippen LogP contribution in [0, 0.1) is 0 Å². The summed E-state index contributed by atoms with van der Waals surface area (Å²) in [4.78, 5) is 7.14. The first-order valence-electron chi connectivity index (χ1n) is 6.10. The average molecular weight is 247 g/mol. The van der Waals surface area contributed by atoms with Gasteiger partial charge in [-0.05, 0) is 37.3 Å². The summed E-state index contributed by atoms with van der Waals surface area (Å²) in [5, 5.41) is 0. The lowest BCUT2D eigenvalue weighted by atomic mass is 9.99. The van der Waals surface area contributed by atoms with Crippen molar-refractivity contribution in [1.82, 2.24) is 9.55 Å².